The molecule has 0 N–H and O–H groups in total. The largest absolute Gasteiger partial charge is 0.270 e. The van der Waals surface area contributed by atoms with Gasteiger partial charge in [-0.15, -0.1) is 0 Å². The van der Waals surface area contributed by atoms with Gasteiger partial charge in [-0.2, -0.15) is 0 Å². The highest BCUT2D eigenvalue weighted by atomic mass is 35.5. The molecule has 4 amide bonds. The molecule has 3 aromatic carbocycles. The van der Waals surface area contributed by atoms with Crippen molar-refractivity contribution in [1.82, 2.24) is 0 Å². The lowest BCUT2D eigenvalue weighted by Crippen LogP contribution is -2.31. The van der Waals surface area contributed by atoms with Crippen LogP contribution < -0.4 is 9.80 Å². The summed E-state index contributed by atoms with van der Waals surface area (Å²) in [6, 6.07) is 10.3. The van der Waals surface area contributed by atoms with Crippen molar-refractivity contribution < 1.29 is 29.0 Å². The Morgan fingerprint density at radius 1 is 0.600 bits per heavy atom. The molecule has 0 aliphatic carbocycles. The van der Waals surface area contributed by atoms with E-state index in [-0.39, 0.29) is 50.0 Å². The predicted molar refractivity (Wildman–Crippen MR) is 120 cm³/mol. The first-order valence-electron chi connectivity index (χ1n) is 9.74. The van der Waals surface area contributed by atoms with Crippen molar-refractivity contribution in [3.8, 4) is 0 Å². The molecule has 12 nitrogen and oxygen atoms in total. The average molecular weight is 493 g/mol. The van der Waals surface area contributed by atoms with Gasteiger partial charge in [-0.1, -0.05) is 11.6 Å². The lowest BCUT2D eigenvalue weighted by atomic mass is 10.1. The summed E-state index contributed by atoms with van der Waals surface area (Å²) in [4.78, 5) is 73.5. The fourth-order valence-electron chi connectivity index (χ4n) is 3.95. The number of nitro groups is 2. The van der Waals surface area contributed by atoms with Gasteiger partial charge in [-0.25, -0.2) is 9.80 Å². The van der Waals surface area contributed by atoms with E-state index in [1.165, 1.54) is 30.3 Å². The van der Waals surface area contributed by atoms with Gasteiger partial charge in [-0.3, -0.25) is 39.4 Å². The summed E-state index contributed by atoms with van der Waals surface area (Å²) in [6.07, 6.45) is 0. The van der Waals surface area contributed by atoms with Crippen molar-refractivity contribution in [3.05, 3.63) is 102 Å². The summed E-state index contributed by atoms with van der Waals surface area (Å²) in [7, 11) is 0. The Bertz CT molecular complexity index is 1570. The maximum atomic E-state index is 12.9. The van der Waals surface area contributed by atoms with E-state index in [9.17, 15) is 39.4 Å². The van der Waals surface area contributed by atoms with Crippen molar-refractivity contribution in [2.24, 2.45) is 0 Å². The predicted octanol–water partition coefficient (Wildman–Crippen LogP) is 3.76. The Morgan fingerprint density at radius 2 is 1.06 bits per heavy atom. The van der Waals surface area contributed by atoms with Gasteiger partial charge in [0.15, 0.2) is 0 Å². The molecule has 2 aliphatic heterocycles. The van der Waals surface area contributed by atoms with Crippen LogP contribution in [-0.2, 0) is 0 Å². The number of amides is 4. The third-order valence-electron chi connectivity index (χ3n) is 5.59. The van der Waals surface area contributed by atoms with Crippen LogP contribution in [0.3, 0.4) is 0 Å². The minimum atomic E-state index is -0.823. The van der Waals surface area contributed by atoms with Crippen molar-refractivity contribution in [1.29, 1.82) is 0 Å². The molecule has 0 spiro atoms. The third kappa shape index (κ3) is 3.15. The average Bonchev–Trinajstić information content (AvgIpc) is 3.22. The molecule has 5 rings (SSSR count). The zero-order valence-corrected chi connectivity index (χ0v) is 17.9. The van der Waals surface area contributed by atoms with Crippen molar-refractivity contribution in [2.75, 3.05) is 9.80 Å². The van der Waals surface area contributed by atoms with Crippen molar-refractivity contribution in [3.63, 3.8) is 0 Å². The lowest BCUT2D eigenvalue weighted by molar-refractivity contribution is -0.385. The Hall–Kier alpha value is -4.97. The number of nitrogens with zero attached hydrogens (tertiary/aromatic N) is 4. The van der Waals surface area contributed by atoms with Crippen LogP contribution in [0.4, 0.5) is 22.7 Å². The first-order valence-corrected chi connectivity index (χ1v) is 10.1. The lowest BCUT2D eigenvalue weighted by Gasteiger charge is -2.19. The highest BCUT2D eigenvalue weighted by Crippen LogP contribution is 2.38. The molecule has 13 heteroatoms. The molecule has 172 valence electrons. The van der Waals surface area contributed by atoms with E-state index >= 15 is 0 Å². The van der Waals surface area contributed by atoms with Crippen LogP contribution in [0.15, 0.2) is 54.6 Å². The first kappa shape index (κ1) is 21.9. The van der Waals surface area contributed by atoms with E-state index in [0.29, 0.717) is 0 Å². The molecular weight excluding hydrogens is 484 g/mol. The summed E-state index contributed by atoms with van der Waals surface area (Å²) in [6.45, 7) is 0. The van der Waals surface area contributed by atoms with E-state index in [1.54, 1.807) is 0 Å². The molecule has 0 aromatic heterocycles. The van der Waals surface area contributed by atoms with Crippen molar-refractivity contribution in [2.45, 2.75) is 0 Å². The first-order chi connectivity index (χ1) is 16.6. The van der Waals surface area contributed by atoms with Crippen LogP contribution in [0.2, 0.25) is 5.02 Å². The van der Waals surface area contributed by atoms with E-state index in [4.69, 9.17) is 11.6 Å². The standard InChI is InChI=1S/C22H9ClN4O8/c23-17-9-10(24-19(28)13-4-1-11(26(32)33)7-15(13)21(24)30)3-6-18(17)25-20(29)14-5-2-12(27(34)35)8-16(14)22(25)31/h1-9H. The number of fused-ring (bicyclic) bond motifs is 2. The smallest absolute Gasteiger partial charge is 0.268 e. The fraction of sp³-hybridized carbons (Fsp3) is 0. The molecular formula is C22H9ClN4O8. The molecule has 0 unspecified atom stereocenters. The van der Waals surface area contributed by atoms with E-state index < -0.39 is 33.5 Å². The van der Waals surface area contributed by atoms with Gasteiger partial charge in [0.05, 0.1) is 48.5 Å². The molecule has 0 bridgehead atoms. The molecule has 2 aliphatic rings. The third-order valence-corrected chi connectivity index (χ3v) is 5.90. The van der Waals surface area contributed by atoms with Gasteiger partial charge in [0.2, 0.25) is 0 Å². The minimum absolute atomic E-state index is 0.0137. The van der Waals surface area contributed by atoms with Gasteiger partial charge >= 0.3 is 0 Å². The van der Waals surface area contributed by atoms with Gasteiger partial charge in [0.25, 0.3) is 35.0 Å². The highest BCUT2D eigenvalue weighted by Gasteiger charge is 2.41. The Kier molecular flexibility index (Phi) is 4.70. The number of carbonyl (C=O) groups is 4. The molecule has 0 saturated carbocycles. The topological polar surface area (TPSA) is 161 Å². The number of anilines is 2. The van der Waals surface area contributed by atoms with Crippen LogP contribution in [0.25, 0.3) is 0 Å². The second kappa shape index (κ2) is 7.53. The number of benzene rings is 3. The number of nitro benzene ring substituents is 2. The maximum Gasteiger partial charge on any atom is 0.270 e. The van der Waals surface area contributed by atoms with Crippen LogP contribution in [-0.4, -0.2) is 33.5 Å². The summed E-state index contributed by atoms with van der Waals surface area (Å²) < 4.78 is 0. The van der Waals surface area contributed by atoms with Crippen LogP contribution in [0, 0.1) is 20.2 Å². The Morgan fingerprint density at radius 3 is 1.54 bits per heavy atom. The van der Waals surface area contributed by atoms with Gasteiger partial charge in [0, 0.05) is 24.3 Å². The van der Waals surface area contributed by atoms with Crippen LogP contribution in [0.5, 0.6) is 0 Å². The van der Waals surface area contributed by atoms with Gasteiger partial charge < -0.3 is 0 Å². The van der Waals surface area contributed by atoms with Crippen molar-refractivity contribution >= 4 is 58.0 Å². The normalized spacial score (nSPS) is 14.4. The summed E-state index contributed by atoms with van der Waals surface area (Å²) in [5, 5.41) is 21.9. The molecule has 35 heavy (non-hydrogen) atoms. The van der Waals surface area contributed by atoms with Crippen LogP contribution >= 0.6 is 11.6 Å². The molecule has 3 aromatic rings. The number of non-ortho nitro benzene ring substituents is 2. The van der Waals surface area contributed by atoms with E-state index in [2.05, 4.69) is 0 Å². The Labute approximate surface area is 199 Å². The second-order valence-electron chi connectivity index (χ2n) is 7.50. The number of imide groups is 2. The highest BCUT2D eigenvalue weighted by molar-refractivity contribution is 6.41. The fourth-order valence-corrected chi connectivity index (χ4v) is 4.21. The quantitative estimate of drug-likeness (QED) is 0.302. The van der Waals surface area contributed by atoms with Crippen LogP contribution in [0.1, 0.15) is 41.4 Å². The number of carbonyl (C=O) groups excluding carboxylic acids is 4. The SMILES string of the molecule is O=C1c2ccc([N+](=O)[O-])cc2C(=O)N1c1ccc(N2C(=O)c3ccc([N+](=O)[O-])cc3C2=O)c(Cl)c1. The molecule has 0 atom stereocenters. The second-order valence-corrected chi connectivity index (χ2v) is 7.91. The zero-order valence-electron chi connectivity index (χ0n) is 17.1. The van der Waals surface area contributed by atoms with Gasteiger partial charge in [0.1, 0.15) is 0 Å². The zero-order chi connectivity index (χ0) is 25.2. The summed E-state index contributed by atoms with van der Waals surface area (Å²) >= 11 is 6.32. The number of rotatable bonds is 4. The summed E-state index contributed by atoms with van der Waals surface area (Å²) in [5.74, 6) is -3.10. The van der Waals surface area contributed by atoms with Gasteiger partial charge in [-0.05, 0) is 30.3 Å². The monoisotopic (exact) mass is 492 g/mol. The number of halogens is 1. The number of hydrogen-bond acceptors (Lipinski definition) is 8. The summed E-state index contributed by atoms with van der Waals surface area (Å²) in [5.41, 5.74) is -1.13. The van der Waals surface area contributed by atoms with E-state index in [1.807, 2.05) is 0 Å². The molecule has 0 saturated heterocycles. The van der Waals surface area contributed by atoms with E-state index in [0.717, 1.165) is 34.1 Å². The minimum Gasteiger partial charge on any atom is -0.268 e. The maximum absolute atomic E-state index is 12.9. The molecule has 2 heterocycles. The molecule has 0 radical (unpaired) electrons. The number of hydrogen-bond donors (Lipinski definition) is 0. The Balaban J connectivity index is 1.50. The molecule has 0 fully saturated rings.